The Hall–Kier alpha value is -1.49. The summed E-state index contributed by atoms with van der Waals surface area (Å²) in [5, 5.41) is 0. The number of fused-ring (bicyclic) bond motifs is 1. The van der Waals surface area contributed by atoms with E-state index in [0.717, 1.165) is 29.4 Å². The van der Waals surface area contributed by atoms with Crippen LogP contribution in [0.5, 0.6) is 5.75 Å². The average molecular weight is 343 g/mol. The van der Waals surface area contributed by atoms with Crippen LogP contribution < -0.4 is 4.74 Å². The zero-order valence-corrected chi connectivity index (χ0v) is 11.9. The number of ether oxygens (including phenoxy) is 1. The summed E-state index contributed by atoms with van der Waals surface area (Å²) >= 11 is 3.34. The van der Waals surface area contributed by atoms with Crippen molar-refractivity contribution in [1.82, 2.24) is 0 Å². The highest BCUT2D eigenvalue weighted by Crippen LogP contribution is 2.36. The summed E-state index contributed by atoms with van der Waals surface area (Å²) in [6, 6.07) is 6.93. The van der Waals surface area contributed by atoms with Gasteiger partial charge in [0.05, 0.1) is 11.4 Å². The fourth-order valence-electron chi connectivity index (χ4n) is 2.28. The molecule has 0 spiro atoms. The van der Waals surface area contributed by atoms with E-state index in [0.29, 0.717) is 12.7 Å². The molecule has 0 radical (unpaired) electrons. The lowest BCUT2D eigenvalue weighted by Gasteiger charge is -2.13. The second-order valence-electron chi connectivity index (χ2n) is 4.62. The van der Waals surface area contributed by atoms with Gasteiger partial charge in [-0.05, 0) is 23.3 Å². The van der Waals surface area contributed by atoms with Crippen molar-refractivity contribution in [3.63, 3.8) is 0 Å². The van der Waals surface area contributed by atoms with Crippen molar-refractivity contribution in [2.24, 2.45) is 0 Å². The smallest absolute Gasteiger partial charge is 0.161 e. The van der Waals surface area contributed by atoms with Gasteiger partial charge in [0.1, 0.15) is 11.6 Å². The van der Waals surface area contributed by atoms with Crippen molar-refractivity contribution >= 4 is 15.9 Å². The monoisotopic (exact) mass is 342 g/mol. The highest BCUT2D eigenvalue weighted by molar-refractivity contribution is 9.09. The van der Waals surface area contributed by atoms with Crippen LogP contribution in [0.1, 0.15) is 21.5 Å². The van der Waals surface area contributed by atoms with E-state index in [1.54, 1.807) is 6.07 Å². The molecule has 1 aliphatic rings. The quantitative estimate of drug-likeness (QED) is 0.575. The molecule has 5 heteroatoms. The van der Waals surface area contributed by atoms with Crippen LogP contribution in [0.15, 0.2) is 30.3 Å². The summed E-state index contributed by atoms with van der Waals surface area (Å²) in [4.78, 5) is -0.538. The molecular weight excluding hydrogens is 333 g/mol. The van der Waals surface area contributed by atoms with Crippen LogP contribution in [-0.4, -0.2) is 6.61 Å². The van der Waals surface area contributed by atoms with Crippen molar-refractivity contribution in [1.29, 1.82) is 0 Å². The van der Waals surface area contributed by atoms with Crippen molar-refractivity contribution in [2.45, 2.75) is 11.2 Å². The molecule has 0 fully saturated rings. The Morgan fingerprint density at radius 3 is 2.55 bits per heavy atom. The second kappa shape index (κ2) is 5.13. The van der Waals surface area contributed by atoms with Gasteiger partial charge in [0, 0.05) is 18.1 Å². The van der Waals surface area contributed by atoms with Gasteiger partial charge in [0.15, 0.2) is 11.6 Å². The molecule has 0 amide bonds. The molecule has 2 aromatic rings. The fourth-order valence-corrected chi connectivity index (χ4v) is 2.91. The lowest BCUT2D eigenvalue weighted by molar-refractivity contribution is 0.357. The van der Waals surface area contributed by atoms with Crippen molar-refractivity contribution in [3.05, 3.63) is 64.5 Å². The van der Waals surface area contributed by atoms with E-state index in [2.05, 4.69) is 15.9 Å². The van der Waals surface area contributed by atoms with Crippen LogP contribution in [0.3, 0.4) is 0 Å². The number of hydrogen-bond acceptors (Lipinski definition) is 1. The zero-order chi connectivity index (χ0) is 14.3. The molecule has 0 N–H and O–H groups in total. The Labute approximate surface area is 122 Å². The number of rotatable bonds is 2. The summed E-state index contributed by atoms with van der Waals surface area (Å²) in [7, 11) is 0. The van der Waals surface area contributed by atoms with Crippen LogP contribution in [0, 0.1) is 17.5 Å². The van der Waals surface area contributed by atoms with E-state index in [1.807, 2.05) is 12.1 Å². The number of hydrogen-bond donors (Lipinski definition) is 0. The van der Waals surface area contributed by atoms with Gasteiger partial charge >= 0.3 is 0 Å². The van der Waals surface area contributed by atoms with E-state index in [4.69, 9.17) is 4.74 Å². The molecule has 0 aliphatic carbocycles. The third-order valence-corrected chi connectivity index (χ3v) is 4.34. The number of benzene rings is 2. The first kappa shape index (κ1) is 13.5. The molecule has 1 atom stereocenters. The summed E-state index contributed by atoms with van der Waals surface area (Å²) in [5.41, 5.74) is 1.89. The van der Waals surface area contributed by atoms with Crippen molar-refractivity contribution < 1.29 is 17.9 Å². The van der Waals surface area contributed by atoms with Gasteiger partial charge in [-0.1, -0.05) is 28.1 Å². The van der Waals surface area contributed by atoms with Gasteiger partial charge < -0.3 is 4.74 Å². The maximum Gasteiger partial charge on any atom is 0.161 e. The van der Waals surface area contributed by atoms with E-state index in [9.17, 15) is 13.2 Å². The largest absolute Gasteiger partial charge is 0.493 e. The summed E-state index contributed by atoms with van der Waals surface area (Å²) in [5.74, 6) is -2.20. The molecule has 0 aromatic heterocycles. The Morgan fingerprint density at radius 1 is 1.00 bits per heavy atom. The first-order valence-corrected chi connectivity index (χ1v) is 7.02. The highest BCUT2D eigenvalue weighted by atomic mass is 79.9. The lowest BCUT2D eigenvalue weighted by atomic mass is 10.0. The Kier molecular flexibility index (Phi) is 3.46. The molecule has 1 aliphatic heterocycles. The van der Waals surface area contributed by atoms with E-state index in [1.165, 1.54) is 0 Å². The molecule has 1 heterocycles. The van der Waals surface area contributed by atoms with Crippen LogP contribution in [0.25, 0.3) is 0 Å². The van der Waals surface area contributed by atoms with Gasteiger partial charge in [0.25, 0.3) is 0 Å². The SMILES string of the molecule is Fc1cc(F)c(C(Br)c2ccc3c(c2)CCO3)cc1F. The van der Waals surface area contributed by atoms with Gasteiger partial charge in [-0.3, -0.25) is 0 Å². The Bertz CT molecular complexity index is 672. The topological polar surface area (TPSA) is 9.23 Å². The summed E-state index contributed by atoms with van der Waals surface area (Å²) in [6.45, 7) is 0.630. The van der Waals surface area contributed by atoms with E-state index in [-0.39, 0.29) is 5.56 Å². The normalized spacial score (nSPS) is 14.8. The molecular formula is C15H10BrF3O. The molecule has 1 unspecified atom stereocenters. The fraction of sp³-hybridized carbons (Fsp3) is 0.200. The molecule has 0 saturated carbocycles. The highest BCUT2D eigenvalue weighted by Gasteiger charge is 2.20. The molecule has 2 aromatic carbocycles. The zero-order valence-electron chi connectivity index (χ0n) is 10.3. The molecule has 0 saturated heterocycles. The number of alkyl halides is 1. The van der Waals surface area contributed by atoms with Crippen LogP contribution in [0.4, 0.5) is 13.2 Å². The van der Waals surface area contributed by atoms with Crippen molar-refractivity contribution in [2.75, 3.05) is 6.61 Å². The van der Waals surface area contributed by atoms with Crippen molar-refractivity contribution in [3.8, 4) is 5.75 Å². The van der Waals surface area contributed by atoms with Crippen LogP contribution in [-0.2, 0) is 6.42 Å². The predicted octanol–water partition coefficient (Wildman–Crippen LogP) is 4.52. The predicted molar refractivity (Wildman–Crippen MR) is 72.7 cm³/mol. The maximum absolute atomic E-state index is 13.8. The minimum atomic E-state index is -1.19. The standard InChI is InChI=1S/C15H10BrF3O/c16-15(10-6-12(18)13(19)7-11(10)17)9-1-2-14-8(5-9)3-4-20-14/h1-2,5-7,15H,3-4H2. The van der Waals surface area contributed by atoms with Crippen LogP contribution >= 0.6 is 15.9 Å². The first-order chi connectivity index (χ1) is 9.56. The van der Waals surface area contributed by atoms with Gasteiger partial charge in [-0.15, -0.1) is 0 Å². The first-order valence-electron chi connectivity index (χ1n) is 6.10. The van der Waals surface area contributed by atoms with Gasteiger partial charge in [-0.25, -0.2) is 13.2 Å². The Balaban J connectivity index is 2.00. The van der Waals surface area contributed by atoms with E-state index >= 15 is 0 Å². The average Bonchev–Trinajstić information content (AvgIpc) is 2.89. The summed E-state index contributed by atoms with van der Waals surface area (Å²) in [6.07, 6.45) is 0.795. The second-order valence-corrected chi connectivity index (χ2v) is 5.53. The van der Waals surface area contributed by atoms with E-state index < -0.39 is 22.3 Å². The minimum absolute atomic E-state index is 0.0720. The third-order valence-electron chi connectivity index (χ3n) is 3.32. The molecule has 1 nitrogen and oxygen atoms in total. The van der Waals surface area contributed by atoms with Crippen LogP contribution in [0.2, 0.25) is 0 Å². The Morgan fingerprint density at radius 2 is 1.75 bits per heavy atom. The summed E-state index contributed by atoms with van der Waals surface area (Å²) < 4.78 is 45.4. The molecule has 0 bridgehead atoms. The minimum Gasteiger partial charge on any atom is -0.493 e. The molecule has 104 valence electrons. The molecule has 3 rings (SSSR count). The third kappa shape index (κ3) is 2.30. The van der Waals surface area contributed by atoms with Gasteiger partial charge in [-0.2, -0.15) is 0 Å². The number of halogens is 4. The maximum atomic E-state index is 13.8. The lowest BCUT2D eigenvalue weighted by Crippen LogP contribution is -2.00. The molecule has 20 heavy (non-hydrogen) atoms. The van der Waals surface area contributed by atoms with Gasteiger partial charge in [0.2, 0.25) is 0 Å².